The molecule has 0 heterocycles. The second-order valence-electron chi connectivity index (χ2n) is 2.59. The second kappa shape index (κ2) is 9.51. The van der Waals surface area contributed by atoms with Gasteiger partial charge in [-0.05, 0) is 18.4 Å². The fourth-order valence-corrected chi connectivity index (χ4v) is 0.718. The van der Waals surface area contributed by atoms with E-state index in [1.54, 1.807) is 13.3 Å². The van der Waals surface area contributed by atoms with Crippen molar-refractivity contribution >= 4 is 12.1 Å². The molecule has 0 bridgehead atoms. The van der Waals surface area contributed by atoms with Crippen molar-refractivity contribution in [2.75, 3.05) is 20.1 Å². The third-order valence-corrected chi connectivity index (χ3v) is 1.31. The number of hydrogen-bond donors (Lipinski definition) is 2. The predicted octanol–water partition coefficient (Wildman–Crippen LogP) is 0.483. The van der Waals surface area contributed by atoms with Gasteiger partial charge in [-0.1, -0.05) is 6.08 Å². The minimum absolute atomic E-state index is 0.00478. The van der Waals surface area contributed by atoms with Crippen LogP contribution in [0.2, 0.25) is 0 Å². The van der Waals surface area contributed by atoms with Crippen molar-refractivity contribution in [2.24, 2.45) is 4.99 Å². The maximum Gasteiger partial charge on any atom is 0.216 e. The van der Waals surface area contributed by atoms with Crippen molar-refractivity contribution in [3.8, 4) is 0 Å². The van der Waals surface area contributed by atoms with Crippen LogP contribution >= 0.6 is 0 Å². The smallest absolute Gasteiger partial charge is 0.216 e. The van der Waals surface area contributed by atoms with Gasteiger partial charge in [0.25, 0.3) is 0 Å². The molecule has 0 radical (unpaired) electrons. The molecule has 0 aromatic rings. The summed E-state index contributed by atoms with van der Waals surface area (Å²) in [4.78, 5) is 14.3. The Labute approximate surface area is 84.8 Å². The lowest BCUT2D eigenvalue weighted by Crippen LogP contribution is -2.27. The standard InChI is InChI=1S/C10H17N3O/c1-10(14)13-9-8-12-7-5-3-4-6-11-2/h3-7,12H,8-9H2,1-2H3,(H,13,14)/b4-3-,7-5+,11-6?. The van der Waals surface area contributed by atoms with Gasteiger partial charge in [0.1, 0.15) is 0 Å². The predicted molar refractivity (Wildman–Crippen MR) is 59.4 cm³/mol. The van der Waals surface area contributed by atoms with Crippen LogP contribution in [0.5, 0.6) is 0 Å². The summed E-state index contributed by atoms with van der Waals surface area (Å²) in [5, 5.41) is 5.71. The lowest BCUT2D eigenvalue weighted by Gasteiger charge is -2.00. The largest absolute Gasteiger partial charge is 0.389 e. The highest BCUT2D eigenvalue weighted by atomic mass is 16.1. The first-order chi connectivity index (χ1) is 6.77. The Morgan fingerprint density at radius 2 is 2.07 bits per heavy atom. The Hall–Kier alpha value is -1.58. The molecule has 4 heteroatoms. The van der Waals surface area contributed by atoms with Crippen molar-refractivity contribution in [1.29, 1.82) is 0 Å². The summed E-state index contributed by atoms with van der Waals surface area (Å²) in [7, 11) is 1.72. The quantitative estimate of drug-likeness (QED) is 0.368. The van der Waals surface area contributed by atoms with Gasteiger partial charge >= 0.3 is 0 Å². The van der Waals surface area contributed by atoms with Gasteiger partial charge in [-0.2, -0.15) is 0 Å². The number of hydrogen-bond acceptors (Lipinski definition) is 3. The average Bonchev–Trinajstić information content (AvgIpc) is 2.15. The van der Waals surface area contributed by atoms with Crippen LogP contribution in [0.25, 0.3) is 0 Å². The first-order valence-electron chi connectivity index (χ1n) is 4.49. The van der Waals surface area contributed by atoms with E-state index in [2.05, 4.69) is 15.6 Å². The molecule has 0 aliphatic heterocycles. The van der Waals surface area contributed by atoms with Crippen molar-refractivity contribution in [3.05, 3.63) is 24.4 Å². The van der Waals surface area contributed by atoms with E-state index < -0.39 is 0 Å². The summed E-state index contributed by atoms with van der Waals surface area (Å²) in [6, 6.07) is 0. The third kappa shape index (κ3) is 10.4. The lowest BCUT2D eigenvalue weighted by molar-refractivity contribution is -0.118. The summed E-state index contributed by atoms with van der Waals surface area (Å²) in [5.41, 5.74) is 0. The molecule has 0 aromatic heterocycles. The number of nitrogens with zero attached hydrogens (tertiary/aromatic N) is 1. The molecule has 0 rings (SSSR count). The van der Waals surface area contributed by atoms with Gasteiger partial charge in [0.05, 0.1) is 0 Å². The topological polar surface area (TPSA) is 53.5 Å². The van der Waals surface area contributed by atoms with E-state index in [1.807, 2.05) is 24.4 Å². The van der Waals surface area contributed by atoms with Gasteiger partial charge in [-0.3, -0.25) is 9.79 Å². The Balaban J connectivity index is 3.31. The first kappa shape index (κ1) is 12.4. The third-order valence-electron chi connectivity index (χ3n) is 1.31. The van der Waals surface area contributed by atoms with Crippen LogP contribution in [0.1, 0.15) is 6.92 Å². The normalized spacial score (nSPS) is 11.6. The molecule has 1 amide bonds. The highest BCUT2D eigenvalue weighted by Gasteiger charge is 1.86. The molecule has 2 N–H and O–H groups in total. The van der Waals surface area contributed by atoms with Gasteiger partial charge in [-0.15, -0.1) is 0 Å². The molecule has 0 saturated heterocycles. The van der Waals surface area contributed by atoms with Crippen LogP contribution in [-0.2, 0) is 4.79 Å². The van der Waals surface area contributed by atoms with Gasteiger partial charge in [-0.25, -0.2) is 0 Å². The van der Waals surface area contributed by atoms with Crippen molar-refractivity contribution in [2.45, 2.75) is 6.92 Å². The summed E-state index contributed by atoms with van der Waals surface area (Å²) < 4.78 is 0. The van der Waals surface area contributed by atoms with E-state index in [0.29, 0.717) is 6.54 Å². The van der Waals surface area contributed by atoms with Crippen LogP contribution in [0.15, 0.2) is 29.4 Å². The molecule has 0 aliphatic rings. The van der Waals surface area contributed by atoms with Gasteiger partial charge in [0, 0.05) is 33.3 Å². The van der Waals surface area contributed by atoms with E-state index in [0.717, 1.165) is 6.54 Å². The number of carbonyl (C=O) groups excluding carboxylic acids is 1. The molecule has 78 valence electrons. The average molecular weight is 195 g/mol. The fraction of sp³-hybridized carbons (Fsp3) is 0.400. The van der Waals surface area contributed by atoms with E-state index in [9.17, 15) is 4.79 Å². The fourth-order valence-electron chi connectivity index (χ4n) is 0.718. The van der Waals surface area contributed by atoms with Crippen molar-refractivity contribution < 1.29 is 4.79 Å². The molecule has 0 fully saturated rings. The lowest BCUT2D eigenvalue weighted by atomic mass is 10.5. The van der Waals surface area contributed by atoms with Crippen LogP contribution in [0.4, 0.5) is 0 Å². The van der Waals surface area contributed by atoms with Crippen LogP contribution in [0.3, 0.4) is 0 Å². The number of amides is 1. The monoisotopic (exact) mass is 195 g/mol. The number of allylic oxidation sites excluding steroid dienone is 3. The molecule has 0 atom stereocenters. The summed E-state index contributed by atoms with van der Waals surface area (Å²) in [5.74, 6) is -0.00478. The number of rotatable bonds is 6. The highest BCUT2D eigenvalue weighted by Crippen LogP contribution is 1.72. The Morgan fingerprint density at radius 1 is 1.29 bits per heavy atom. The van der Waals surface area contributed by atoms with Crippen LogP contribution < -0.4 is 10.6 Å². The molecule has 0 saturated carbocycles. The zero-order valence-corrected chi connectivity index (χ0v) is 8.66. The molecule has 0 unspecified atom stereocenters. The molecule has 0 aliphatic carbocycles. The maximum atomic E-state index is 10.5. The summed E-state index contributed by atoms with van der Waals surface area (Å²) in [6.07, 6.45) is 9.11. The molecular formula is C10H17N3O. The van der Waals surface area contributed by atoms with Crippen LogP contribution in [0, 0.1) is 0 Å². The molecule has 0 aromatic carbocycles. The number of nitrogens with one attached hydrogen (secondary N) is 2. The Morgan fingerprint density at radius 3 is 2.71 bits per heavy atom. The SMILES string of the molecule is CN=C/C=C\C=C\NCCNC(C)=O. The van der Waals surface area contributed by atoms with Crippen molar-refractivity contribution in [1.82, 2.24) is 10.6 Å². The zero-order chi connectivity index (χ0) is 10.6. The van der Waals surface area contributed by atoms with E-state index in [4.69, 9.17) is 0 Å². The summed E-state index contributed by atoms with van der Waals surface area (Å²) in [6.45, 7) is 2.87. The Bertz CT molecular complexity index is 232. The van der Waals surface area contributed by atoms with Crippen molar-refractivity contribution in [3.63, 3.8) is 0 Å². The molecule has 0 spiro atoms. The first-order valence-corrected chi connectivity index (χ1v) is 4.49. The number of carbonyl (C=O) groups is 1. The zero-order valence-electron chi connectivity index (χ0n) is 8.66. The van der Waals surface area contributed by atoms with Gasteiger partial charge in [0.15, 0.2) is 0 Å². The Kier molecular flexibility index (Phi) is 8.43. The molecular weight excluding hydrogens is 178 g/mol. The van der Waals surface area contributed by atoms with Gasteiger partial charge in [0.2, 0.25) is 5.91 Å². The summed E-state index contributed by atoms with van der Waals surface area (Å²) >= 11 is 0. The van der Waals surface area contributed by atoms with E-state index >= 15 is 0 Å². The highest BCUT2D eigenvalue weighted by molar-refractivity contribution is 5.72. The van der Waals surface area contributed by atoms with E-state index in [1.165, 1.54) is 6.92 Å². The van der Waals surface area contributed by atoms with Gasteiger partial charge < -0.3 is 10.6 Å². The number of aliphatic imine (C=N–C) groups is 1. The van der Waals surface area contributed by atoms with E-state index in [-0.39, 0.29) is 5.91 Å². The minimum atomic E-state index is -0.00478. The van der Waals surface area contributed by atoms with Crippen LogP contribution in [-0.4, -0.2) is 32.3 Å². The maximum absolute atomic E-state index is 10.5. The molecule has 4 nitrogen and oxygen atoms in total. The minimum Gasteiger partial charge on any atom is -0.389 e. The second-order valence-corrected chi connectivity index (χ2v) is 2.59. The molecule has 14 heavy (non-hydrogen) atoms.